The van der Waals surface area contributed by atoms with Gasteiger partial charge in [0.05, 0.1) is 22.9 Å². The highest BCUT2D eigenvalue weighted by Gasteiger charge is 2.34. The minimum absolute atomic E-state index is 0.0189. The summed E-state index contributed by atoms with van der Waals surface area (Å²) < 4.78 is 50.0. The van der Waals surface area contributed by atoms with Crippen LogP contribution in [0.3, 0.4) is 0 Å². The maximum atomic E-state index is 13.1. The number of rotatable bonds is 7. The molecule has 1 heterocycles. The van der Waals surface area contributed by atoms with Crippen LogP contribution in [-0.4, -0.2) is 24.1 Å². The molecule has 1 amide bonds. The Morgan fingerprint density at radius 1 is 1.06 bits per heavy atom. The Bertz CT molecular complexity index is 1080. The van der Waals surface area contributed by atoms with E-state index in [4.69, 9.17) is 9.47 Å². The van der Waals surface area contributed by atoms with Crippen LogP contribution in [0.5, 0.6) is 11.5 Å². The van der Waals surface area contributed by atoms with E-state index in [2.05, 4.69) is 10.3 Å². The van der Waals surface area contributed by atoms with Crippen molar-refractivity contribution in [1.82, 2.24) is 4.98 Å². The monoisotopic (exact) mass is 444 g/mol. The lowest BCUT2D eigenvalue weighted by Crippen LogP contribution is -2.16. The van der Waals surface area contributed by atoms with Gasteiger partial charge in [-0.25, -0.2) is 0 Å². The number of para-hydroxylation sites is 1. The zero-order chi connectivity index (χ0) is 23.3. The molecule has 0 aliphatic carbocycles. The molecule has 1 unspecified atom stereocenters. The first-order valence-electron chi connectivity index (χ1n) is 9.92. The highest BCUT2D eigenvalue weighted by Crippen LogP contribution is 2.38. The van der Waals surface area contributed by atoms with Crippen LogP contribution in [0.1, 0.15) is 34.2 Å². The van der Waals surface area contributed by atoms with E-state index < -0.39 is 11.7 Å². The van der Waals surface area contributed by atoms with Crippen molar-refractivity contribution in [2.45, 2.75) is 32.5 Å². The smallest absolute Gasteiger partial charge is 0.419 e. The fourth-order valence-corrected chi connectivity index (χ4v) is 3.07. The summed E-state index contributed by atoms with van der Waals surface area (Å²) in [5.74, 6) is -0.409. The van der Waals surface area contributed by atoms with E-state index in [0.717, 1.165) is 11.8 Å². The average Bonchev–Trinajstić information content (AvgIpc) is 2.74. The van der Waals surface area contributed by atoms with E-state index in [0.29, 0.717) is 23.4 Å². The SMILES string of the molecule is COC(C)Cc1ccc(C(=O)Nc2ccc(Oc3ccccc3C(F)(F)F)cc2)c(C)n1. The molecule has 0 saturated carbocycles. The van der Waals surface area contributed by atoms with Gasteiger partial charge in [0.25, 0.3) is 5.91 Å². The van der Waals surface area contributed by atoms with Crippen molar-refractivity contribution in [3.8, 4) is 11.5 Å². The third-order valence-corrected chi connectivity index (χ3v) is 4.82. The lowest BCUT2D eigenvalue weighted by molar-refractivity contribution is -0.138. The summed E-state index contributed by atoms with van der Waals surface area (Å²) in [6.07, 6.45) is -3.86. The summed E-state index contributed by atoms with van der Waals surface area (Å²) in [4.78, 5) is 17.1. The number of ether oxygens (including phenoxy) is 2. The van der Waals surface area contributed by atoms with Gasteiger partial charge in [0.2, 0.25) is 0 Å². The maximum absolute atomic E-state index is 13.1. The van der Waals surface area contributed by atoms with Crippen LogP contribution >= 0.6 is 0 Å². The van der Waals surface area contributed by atoms with Gasteiger partial charge in [0.1, 0.15) is 11.5 Å². The summed E-state index contributed by atoms with van der Waals surface area (Å²) >= 11 is 0. The second kappa shape index (κ2) is 9.82. The first-order chi connectivity index (χ1) is 15.2. The summed E-state index contributed by atoms with van der Waals surface area (Å²) in [5.41, 5.74) is 1.46. The normalized spacial score (nSPS) is 12.3. The summed E-state index contributed by atoms with van der Waals surface area (Å²) in [6, 6.07) is 14.6. The van der Waals surface area contributed by atoms with Crippen LogP contribution in [0.25, 0.3) is 0 Å². The number of hydrogen-bond acceptors (Lipinski definition) is 4. The number of methoxy groups -OCH3 is 1. The molecule has 0 aliphatic heterocycles. The number of carbonyl (C=O) groups is 1. The molecule has 3 aromatic rings. The number of alkyl halides is 3. The van der Waals surface area contributed by atoms with Gasteiger partial charge in [-0.15, -0.1) is 0 Å². The summed E-state index contributed by atoms with van der Waals surface area (Å²) in [5, 5.41) is 2.76. The van der Waals surface area contributed by atoms with Gasteiger partial charge >= 0.3 is 6.18 Å². The Kier molecular flexibility index (Phi) is 7.15. The Morgan fingerprint density at radius 3 is 2.38 bits per heavy atom. The molecule has 0 spiro atoms. The average molecular weight is 444 g/mol. The van der Waals surface area contributed by atoms with E-state index in [1.165, 1.54) is 30.3 Å². The zero-order valence-corrected chi connectivity index (χ0v) is 17.9. The van der Waals surface area contributed by atoms with Crippen molar-refractivity contribution >= 4 is 11.6 Å². The molecular formula is C24H23F3N2O3. The Morgan fingerprint density at radius 2 is 1.75 bits per heavy atom. The van der Waals surface area contributed by atoms with E-state index in [1.54, 1.807) is 38.3 Å². The molecule has 0 saturated heterocycles. The zero-order valence-electron chi connectivity index (χ0n) is 17.9. The molecule has 5 nitrogen and oxygen atoms in total. The maximum Gasteiger partial charge on any atom is 0.419 e. The lowest BCUT2D eigenvalue weighted by atomic mass is 10.1. The second-order valence-electron chi connectivity index (χ2n) is 7.26. The van der Waals surface area contributed by atoms with Crippen LogP contribution in [0.4, 0.5) is 18.9 Å². The molecule has 32 heavy (non-hydrogen) atoms. The fourth-order valence-electron chi connectivity index (χ4n) is 3.07. The first kappa shape index (κ1) is 23.3. The summed E-state index contributed by atoms with van der Waals surface area (Å²) in [6.45, 7) is 3.69. The molecule has 1 atom stereocenters. The Labute approximate surface area is 184 Å². The highest BCUT2D eigenvalue weighted by atomic mass is 19.4. The third kappa shape index (κ3) is 5.85. The number of aryl methyl sites for hydroxylation is 1. The van der Waals surface area contributed by atoms with Gasteiger partial charge in [-0.1, -0.05) is 12.1 Å². The topological polar surface area (TPSA) is 60.5 Å². The van der Waals surface area contributed by atoms with Gasteiger partial charge in [0, 0.05) is 24.9 Å². The van der Waals surface area contributed by atoms with Crippen molar-refractivity contribution in [2.24, 2.45) is 0 Å². The number of carbonyl (C=O) groups excluding carboxylic acids is 1. The second-order valence-corrected chi connectivity index (χ2v) is 7.26. The van der Waals surface area contributed by atoms with Crippen molar-refractivity contribution in [3.63, 3.8) is 0 Å². The minimum atomic E-state index is -4.52. The molecule has 0 bridgehead atoms. The third-order valence-electron chi connectivity index (χ3n) is 4.82. The molecule has 0 fully saturated rings. The molecule has 1 N–H and O–H groups in total. The van der Waals surface area contributed by atoms with E-state index in [1.807, 2.05) is 6.92 Å². The van der Waals surface area contributed by atoms with Gasteiger partial charge in [-0.3, -0.25) is 9.78 Å². The number of aromatic nitrogens is 1. The fraction of sp³-hybridized carbons (Fsp3) is 0.250. The molecule has 3 rings (SSSR count). The molecular weight excluding hydrogens is 421 g/mol. The molecule has 0 radical (unpaired) electrons. The van der Waals surface area contributed by atoms with Crippen molar-refractivity contribution in [1.29, 1.82) is 0 Å². The largest absolute Gasteiger partial charge is 0.457 e. The van der Waals surface area contributed by atoms with Crippen LogP contribution < -0.4 is 10.1 Å². The number of halogens is 3. The molecule has 0 aliphatic rings. The number of benzene rings is 2. The predicted molar refractivity (Wildman–Crippen MR) is 115 cm³/mol. The quantitative estimate of drug-likeness (QED) is 0.483. The van der Waals surface area contributed by atoms with Crippen LogP contribution in [0, 0.1) is 6.92 Å². The predicted octanol–water partition coefficient (Wildman–Crippen LogP) is 6.03. The van der Waals surface area contributed by atoms with Gasteiger partial charge in [-0.2, -0.15) is 13.2 Å². The standard InChI is InChI=1S/C24H23F3N2O3/c1-15(31-3)14-18-10-13-20(16(2)28-18)23(30)29-17-8-11-19(12-9-17)32-22-7-5-4-6-21(22)24(25,26)27/h4-13,15H,14H2,1-3H3,(H,29,30). The van der Waals surface area contributed by atoms with Crippen molar-refractivity contribution < 1.29 is 27.4 Å². The number of pyridine rings is 1. The minimum Gasteiger partial charge on any atom is -0.457 e. The molecule has 168 valence electrons. The number of hydrogen-bond donors (Lipinski definition) is 1. The van der Waals surface area contributed by atoms with E-state index in [-0.39, 0.29) is 23.5 Å². The number of nitrogens with zero attached hydrogens (tertiary/aromatic N) is 1. The number of amides is 1. The molecule has 1 aromatic heterocycles. The lowest BCUT2D eigenvalue weighted by Gasteiger charge is -2.14. The van der Waals surface area contributed by atoms with E-state index in [9.17, 15) is 18.0 Å². The van der Waals surface area contributed by atoms with Crippen molar-refractivity contribution in [2.75, 3.05) is 12.4 Å². The van der Waals surface area contributed by atoms with Crippen LogP contribution in [0.15, 0.2) is 60.7 Å². The molecule has 8 heteroatoms. The van der Waals surface area contributed by atoms with E-state index >= 15 is 0 Å². The van der Waals surface area contributed by atoms with Gasteiger partial charge in [-0.05, 0) is 62.4 Å². The Hall–Kier alpha value is -3.39. The molecule has 2 aromatic carbocycles. The summed E-state index contributed by atoms with van der Waals surface area (Å²) in [7, 11) is 1.63. The van der Waals surface area contributed by atoms with Gasteiger partial charge in [0.15, 0.2) is 0 Å². The number of nitrogens with one attached hydrogen (secondary N) is 1. The van der Waals surface area contributed by atoms with Crippen LogP contribution in [-0.2, 0) is 17.3 Å². The number of anilines is 1. The Balaban J connectivity index is 1.68. The van der Waals surface area contributed by atoms with Crippen molar-refractivity contribution in [3.05, 3.63) is 83.2 Å². The van der Waals surface area contributed by atoms with Crippen LogP contribution in [0.2, 0.25) is 0 Å². The van der Waals surface area contributed by atoms with Gasteiger partial charge < -0.3 is 14.8 Å². The first-order valence-corrected chi connectivity index (χ1v) is 9.92. The highest BCUT2D eigenvalue weighted by molar-refractivity contribution is 6.05.